The predicted molar refractivity (Wildman–Crippen MR) is 141 cm³/mol. The van der Waals surface area contributed by atoms with E-state index in [9.17, 15) is 9.18 Å². The molecular weight excluding hydrogens is 495 g/mol. The zero-order chi connectivity index (χ0) is 25.8. The summed E-state index contributed by atoms with van der Waals surface area (Å²) in [7, 11) is 1.61. The lowest BCUT2D eigenvalue weighted by Gasteiger charge is -2.35. The number of hydrogen-bond acceptors (Lipinski definition) is 6. The van der Waals surface area contributed by atoms with Gasteiger partial charge in [-0.25, -0.2) is 24.1 Å². The Kier molecular flexibility index (Phi) is 7.32. The maximum atomic E-state index is 13.4. The molecule has 37 heavy (non-hydrogen) atoms. The van der Waals surface area contributed by atoms with Crippen molar-refractivity contribution >= 4 is 34.5 Å². The van der Waals surface area contributed by atoms with Crippen molar-refractivity contribution in [1.82, 2.24) is 25.2 Å². The van der Waals surface area contributed by atoms with Crippen LogP contribution in [0.1, 0.15) is 11.4 Å². The number of nitrogens with one attached hydrogen (secondary N) is 1. The molecule has 0 bridgehead atoms. The number of carbonyl (C=O) groups excluding carboxylic acids is 1. The van der Waals surface area contributed by atoms with Gasteiger partial charge >= 0.3 is 6.03 Å². The van der Waals surface area contributed by atoms with Crippen LogP contribution in [-0.2, 0) is 12.4 Å². The number of para-hydroxylation sites is 1. The molecule has 1 saturated heterocycles. The van der Waals surface area contributed by atoms with Crippen LogP contribution in [0.15, 0.2) is 60.7 Å². The van der Waals surface area contributed by atoms with Gasteiger partial charge in [0.05, 0.1) is 24.2 Å². The first-order chi connectivity index (χ1) is 18.1. The molecule has 0 spiro atoms. The molecule has 1 aliphatic rings. The van der Waals surface area contributed by atoms with Gasteiger partial charge in [0.25, 0.3) is 0 Å². The smallest absolute Gasteiger partial charge is 0.317 e. The molecule has 0 saturated carbocycles. The zero-order valence-electron chi connectivity index (χ0n) is 20.3. The lowest BCUT2D eigenvalue weighted by atomic mass is 10.1. The average molecular weight is 521 g/mol. The number of nitrogens with zero attached hydrogens (tertiary/aromatic N) is 5. The maximum absolute atomic E-state index is 13.4. The monoisotopic (exact) mass is 520 g/mol. The number of methoxy groups -OCH3 is 1. The number of benzene rings is 2. The molecule has 10 heteroatoms. The quantitative estimate of drug-likeness (QED) is 0.374. The molecule has 1 fully saturated rings. The highest BCUT2D eigenvalue weighted by Gasteiger charge is 2.24. The van der Waals surface area contributed by atoms with Gasteiger partial charge < -0.3 is 19.9 Å². The van der Waals surface area contributed by atoms with Gasteiger partial charge in [0.15, 0.2) is 5.82 Å². The molecule has 0 aliphatic carbocycles. The second-order valence-corrected chi connectivity index (χ2v) is 8.88. The maximum Gasteiger partial charge on any atom is 0.317 e. The van der Waals surface area contributed by atoms with Gasteiger partial charge in [-0.1, -0.05) is 18.2 Å². The molecule has 0 unspecified atom stereocenters. The first kappa shape index (κ1) is 24.7. The fourth-order valence-corrected chi connectivity index (χ4v) is 4.48. The number of anilines is 1. The Morgan fingerprint density at radius 3 is 2.49 bits per heavy atom. The third-order valence-corrected chi connectivity index (χ3v) is 6.56. The minimum Gasteiger partial charge on any atom is -0.496 e. The van der Waals surface area contributed by atoms with Crippen LogP contribution in [0.2, 0.25) is 0 Å². The highest BCUT2D eigenvalue weighted by Crippen LogP contribution is 2.27. The van der Waals surface area contributed by atoms with Crippen LogP contribution in [0, 0.1) is 5.82 Å². The van der Waals surface area contributed by atoms with E-state index in [0.717, 1.165) is 16.9 Å². The van der Waals surface area contributed by atoms with Crippen molar-refractivity contribution in [3.05, 3.63) is 77.9 Å². The zero-order valence-corrected chi connectivity index (χ0v) is 21.1. The highest BCUT2D eigenvalue weighted by molar-refractivity contribution is 6.16. The predicted octanol–water partition coefficient (Wildman–Crippen LogP) is 4.61. The number of alkyl halides is 1. The molecule has 2 aromatic carbocycles. The fourth-order valence-electron chi connectivity index (χ4n) is 4.36. The molecule has 8 nitrogen and oxygen atoms in total. The van der Waals surface area contributed by atoms with Crippen molar-refractivity contribution in [3.8, 4) is 17.0 Å². The Labute approximate surface area is 219 Å². The van der Waals surface area contributed by atoms with Crippen LogP contribution in [0.5, 0.6) is 5.75 Å². The van der Waals surface area contributed by atoms with E-state index in [2.05, 4.69) is 20.2 Å². The minimum absolute atomic E-state index is 0.128. The van der Waals surface area contributed by atoms with Crippen LogP contribution < -0.4 is 15.0 Å². The molecular formula is C27H26ClFN6O2. The third kappa shape index (κ3) is 5.41. The molecule has 2 amide bonds. The largest absolute Gasteiger partial charge is 0.496 e. The topological polar surface area (TPSA) is 83.5 Å². The van der Waals surface area contributed by atoms with Crippen LogP contribution in [0.4, 0.5) is 15.0 Å². The first-order valence-corrected chi connectivity index (χ1v) is 12.5. The first-order valence-electron chi connectivity index (χ1n) is 11.9. The number of ether oxygens (including phenoxy) is 1. The number of carbonyl (C=O) groups is 1. The van der Waals surface area contributed by atoms with Gasteiger partial charge in [0, 0.05) is 43.9 Å². The van der Waals surface area contributed by atoms with E-state index in [-0.39, 0.29) is 17.7 Å². The average Bonchev–Trinajstić information content (AvgIpc) is 2.95. The Balaban J connectivity index is 1.32. The lowest BCUT2D eigenvalue weighted by Crippen LogP contribution is -2.52. The number of pyridine rings is 1. The van der Waals surface area contributed by atoms with E-state index in [1.807, 2.05) is 36.4 Å². The van der Waals surface area contributed by atoms with Gasteiger partial charge in [0.2, 0.25) is 0 Å². The molecule has 3 heterocycles. The number of aromatic nitrogens is 3. The van der Waals surface area contributed by atoms with E-state index in [4.69, 9.17) is 21.3 Å². The summed E-state index contributed by atoms with van der Waals surface area (Å²) < 4.78 is 18.8. The summed E-state index contributed by atoms with van der Waals surface area (Å²) in [6.07, 6.45) is 0. The van der Waals surface area contributed by atoms with Gasteiger partial charge in [-0.15, -0.1) is 11.6 Å². The van der Waals surface area contributed by atoms with E-state index >= 15 is 0 Å². The Morgan fingerprint density at radius 1 is 1.00 bits per heavy atom. The van der Waals surface area contributed by atoms with Gasteiger partial charge in [0.1, 0.15) is 22.9 Å². The number of rotatable bonds is 6. The molecule has 5 rings (SSSR count). The number of fused-ring (bicyclic) bond motifs is 1. The number of hydrogen-bond donors (Lipinski definition) is 1. The highest BCUT2D eigenvalue weighted by atomic mass is 35.5. The van der Waals surface area contributed by atoms with Crippen molar-refractivity contribution in [2.45, 2.75) is 12.4 Å². The number of urea groups is 1. The fraction of sp³-hybridized carbons (Fsp3) is 0.259. The summed E-state index contributed by atoms with van der Waals surface area (Å²) in [4.78, 5) is 30.8. The SMILES string of the molecule is COc1ccccc1CNC(=O)N1CCN(c2nc(CCl)nc3ccc(-c4ccc(F)cc4)nc23)CC1. The van der Waals surface area contributed by atoms with Gasteiger partial charge in [-0.2, -0.15) is 0 Å². The van der Waals surface area contributed by atoms with Gasteiger partial charge in [-0.3, -0.25) is 0 Å². The Hall–Kier alpha value is -3.98. The lowest BCUT2D eigenvalue weighted by molar-refractivity contribution is 0.193. The van der Waals surface area contributed by atoms with E-state index in [1.54, 1.807) is 24.1 Å². The van der Waals surface area contributed by atoms with Gasteiger partial charge in [-0.05, 0) is 42.5 Å². The summed E-state index contributed by atoms with van der Waals surface area (Å²) in [6, 6.07) is 17.4. The van der Waals surface area contributed by atoms with Crippen LogP contribution in [0.3, 0.4) is 0 Å². The summed E-state index contributed by atoms with van der Waals surface area (Å²) in [5.74, 6) is 1.81. The van der Waals surface area contributed by atoms with Crippen LogP contribution in [-0.4, -0.2) is 59.2 Å². The van der Waals surface area contributed by atoms with Crippen molar-refractivity contribution < 1.29 is 13.9 Å². The Bertz CT molecular complexity index is 1410. The molecule has 1 aliphatic heterocycles. The molecule has 190 valence electrons. The van der Waals surface area contributed by atoms with E-state index in [0.29, 0.717) is 61.1 Å². The van der Waals surface area contributed by atoms with E-state index < -0.39 is 0 Å². The van der Waals surface area contributed by atoms with Crippen molar-refractivity contribution in [2.75, 3.05) is 38.2 Å². The third-order valence-electron chi connectivity index (χ3n) is 6.32. The summed E-state index contributed by atoms with van der Waals surface area (Å²) >= 11 is 6.08. The second kappa shape index (κ2) is 11.0. The summed E-state index contributed by atoms with van der Waals surface area (Å²) in [5, 5.41) is 2.98. The molecule has 2 aromatic heterocycles. The Morgan fingerprint density at radius 2 is 1.76 bits per heavy atom. The molecule has 1 N–H and O–H groups in total. The standard InChI is InChI=1S/C27H26ClFN6O2/c1-37-23-5-3-2-4-19(23)17-30-27(36)35-14-12-34(13-15-35)26-25-22(31-24(16-28)33-26)11-10-21(32-25)18-6-8-20(29)9-7-18/h2-11H,12-17H2,1H3,(H,30,36). The molecule has 0 atom stereocenters. The molecule has 0 radical (unpaired) electrons. The van der Waals surface area contributed by atoms with Crippen molar-refractivity contribution in [3.63, 3.8) is 0 Å². The number of halogens is 2. The van der Waals surface area contributed by atoms with Crippen molar-refractivity contribution in [1.29, 1.82) is 0 Å². The number of amides is 2. The minimum atomic E-state index is -0.301. The van der Waals surface area contributed by atoms with E-state index in [1.165, 1.54) is 12.1 Å². The normalized spacial score (nSPS) is 13.6. The van der Waals surface area contributed by atoms with Crippen LogP contribution in [0.25, 0.3) is 22.3 Å². The summed E-state index contributed by atoms with van der Waals surface area (Å²) in [6.45, 7) is 2.60. The summed E-state index contributed by atoms with van der Waals surface area (Å²) in [5.41, 5.74) is 3.74. The number of piperazine rings is 1. The van der Waals surface area contributed by atoms with Crippen molar-refractivity contribution in [2.24, 2.45) is 0 Å². The molecule has 4 aromatic rings. The second-order valence-electron chi connectivity index (χ2n) is 8.61. The van der Waals surface area contributed by atoms with Crippen LogP contribution >= 0.6 is 11.6 Å².